The fourth-order valence-electron chi connectivity index (χ4n) is 9.46. The minimum absolute atomic E-state index is 0.0262. The highest BCUT2D eigenvalue weighted by Crippen LogP contribution is 2.43. The van der Waals surface area contributed by atoms with E-state index in [2.05, 4.69) is 135 Å². The quantitative estimate of drug-likeness (QED) is 0.0211. The van der Waals surface area contributed by atoms with Crippen molar-refractivity contribution in [2.75, 3.05) is 47.5 Å². The second-order valence-corrected chi connectivity index (χ2v) is 25.6. The summed E-state index contributed by atoms with van der Waals surface area (Å²) in [6.07, 6.45) is 92.9. The van der Waals surface area contributed by atoms with Crippen molar-refractivity contribution in [3.8, 4) is 0 Å². The predicted molar refractivity (Wildman–Crippen MR) is 367 cm³/mol. The van der Waals surface area contributed by atoms with Crippen LogP contribution < -0.4 is 0 Å². The number of nitrogens with zero attached hydrogens (tertiary/aromatic N) is 1. The van der Waals surface area contributed by atoms with Gasteiger partial charge in [0.05, 0.1) is 27.7 Å². The molecule has 10 heteroatoms. The van der Waals surface area contributed by atoms with Crippen molar-refractivity contribution in [3.63, 3.8) is 0 Å². The third kappa shape index (κ3) is 69.4. The van der Waals surface area contributed by atoms with Crippen molar-refractivity contribution in [2.45, 2.75) is 296 Å². The van der Waals surface area contributed by atoms with Crippen LogP contribution in [-0.4, -0.2) is 74.9 Å². The maximum Gasteiger partial charge on any atom is 0.472 e. The van der Waals surface area contributed by atoms with Crippen LogP contribution in [0.25, 0.3) is 0 Å². The summed E-state index contributed by atoms with van der Waals surface area (Å²) < 4.78 is 34.7. The summed E-state index contributed by atoms with van der Waals surface area (Å²) in [5.74, 6) is -0.802. The van der Waals surface area contributed by atoms with Crippen LogP contribution >= 0.6 is 7.82 Å². The predicted octanol–water partition coefficient (Wildman–Crippen LogP) is 22.7. The number of rotatable bonds is 63. The molecule has 0 fully saturated rings. The van der Waals surface area contributed by atoms with E-state index in [-0.39, 0.29) is 32.0 Å². The summed E-state index contributed by atoms with van der Waals surface area (Å²) in [5.41, 5.74) is 0. The van der Waals surface area contributed by atoms with E-state index < -0.39 is 26.5 Å². The minimum atomic E-state index is -4.40. The summed E-state index contributed by atoms with van der Waals surface area (Å²) in [6.45, 7) is 4.34. The van der Waals surface area contributed by atoms with E-state index in [1.165, 1.54) is 148 Å². The fraction of sp³-hybridized carbons (Fsp3) is 0.707. The lowest BCUT2D eigenvalue weighted by Gasteiger charge is -2.24. The zero-order valence-electron chi connectivity index (χ0n) is 55.6. The Hall–Kier alpha value is -3.59. The Bertz CT molecular complexity index is 1850. The van der Waals surface area contributed by atoms with Crippen LogP contribution in [0.3, 0.4) is 0 Å². The van der Waals surface area contributed by atoms with Crippen LogP contribution in [0.2, 0.25) is 0 Å². The number of hydrogen-bond donors (Lipinski definition) is 1. The maximum atomic E-state index is 12.9. The lowest BCUT2D eigenvalue weighted by molar-refractivity contribution is -0.870. The number of phosphoric ester groups is 1. The van der Waals surface area contributed by atoms with Crippen molar-refractivity contribution in [1.82, 2.24) is 0 Å². The first-order chi connectivity index (χ1) is 41.5. The molecule has 0 aliphatic carbocycles. The molecule has 1 N–H and O–H groups in total. The Morgan fingerprint density at radius 2 is 0.671 bits per heavy atom. The Labute approximate surface area is 524 Å². The second kappa shape index (κ2) is 64.9. The first-order valence-electron chi connectivity index (χ1n) is 34.8. The summed E-state index contributed by atoms with van der Waals surface area (Å²) in [6, 6.07) is 0. The molecule has 488 valence electrons. The van der Waals surface area contributed by atoms with Gasteiger partial charge >= 0.3 is 19.8 Å². The Balaban J connectivity index is 4.11. The van der Waals surface area contributed by atoms with Gasteiger partial charge in [-0.05, 0) is 89.9 Å². The van der Waals surface area contributed by atoms with Gasteiger partial charge < -0.3 is 18.9 Å². The zero-order valence-corrected chi connectivity index (χ0v) is 56.5. The summed E-state index contributed by atoms with van der Waals surface area (Å²) in [4.78, 5) is 35.8. The van der Waals surface area contributed by atoms with Crippen molar-refractivity contribution < 1.29 is 42.1 Å². The topological polar surface area (TPSA) is 108 Å². The molecule has 0 spiro atoms. The Morgan fingerprint density at radius 3 is 1.00 bits per heavy atom. The number of phosphoric acid groups is 1. The molecular formula is C75H131NO8P+. The van der Waals surface area contributed by atoms with Gasteiger partial charge in [-0.25, -0.2) is 4.57 Å². The van der Waals surface area contributed by atoms with E-state index in [4.69, 9.17) is 18.5 Å². The SMILES string of the molecule is CC/C=C\C/C=C\C/C=C\C/C=C\C/C=C\C/C=C\C/C=C\C/C=C\C/C=C\C/C=C\CCCCCCCCCCC(=O)OC(COC(=O)CCCCCCCCCCCCCCCCCCCCCCCC)COP(=O)(O)OCC[N+](C)(C)C. The summed E-state index contributed by atoms with van der Waals surface area (Å²) >= 11 is 0. The molecule has 0 saturated heterocycles. The number of carbonyl (C=O) groups excluding carboxylic acids is 2. The van der Waals surface area contributed by atoms with Gasteiger partial charge in [-0.1, -0.05) is 309 Å². The van der Waals surface area contributed by atoms with Gasteiger partial charge in [0.2, 0.25) is 0 Å². The number of carbonyl (C=O) groups is 2. The zero-order chi connectivity index (χ0) is 61.9. The van der Waals surface area contributed by atoms with E-state index in [1.807, 2.05) is 21.1 Å². The molecular weight excluding hydrogens is 1070 g/mol. The highest BCUT2D eigenvalue weighted by atomic mass is 31.2. The molecule has 85 heavy (non-hydrogen) atoms. The van der Waals surface area contributed by atoms with E-state index in [1.54, 1.807) is 0 Å². The van der Waals surface area contributed by atoms with Gasteiger partial charge in [-0.3, -0.25) is 18.6 Å². The van der Waals surface area contributed by atoms with Crippen LogP contribution in [0.15, 0.2) is 122 Å². The number of allylic oxidation sites excluding steroid dienone is 20. The van der Waals surface area contributed by atoms with E-state index in [9.17, 15) is 19.0 Å². The fourth-order valence-corrected chi connectivity index (χ4v) is 10.2. The van der Waals surface area contributed by atoms with Crippen LogP contribution in [0.4, 0.5) is 0 Å². The summed E-state index contributed by atoms with van der Waals surface area (Å²) in [7, 11) is 1.47. The van der Waals surface area contributed by atoms with Crippen molar-refractivity contribution in [1.29, 1.82) is 0 Å². The number of hydrogen-bond acceptors (Lipinski definition) is 7. The van der Waals surface area contributed by atoms with Crippen molar-refractivity contribution in [3.05, 3.63) is 122 Å². The molecule has 0 aromatic carbocycles. The highest BCUT2D eigenvalue weighted by molar-refractivity contribution is 7.47. The van der Waals surface area contributed by atoms with Crippen LogP contribution in [0.1, 0.15) is 290 Å². The number of quaternary nitrogens is 1. The van der Waals surface area contributed by atoms with E-state index in [0.29, 0.717) is 17.4 Å². The molecule has 0 rings (SSSR count). The molecule has 0 amide bonds. The first-order valence-corrected chi connectivity index (χ1v) is 36.3. The molecule has 0 heterocycles. The van der Waals surface area contributed by atoms with Crippen LogP contribution in [0, 0.1) is 0 Å². The number of ether oxygens (including phenoxy) is 2. The Kier molecular flexibility index (Phi) is 62.1. The van der Waals surface area contributed by atoms with Gasteiger partial charge in [-0.2, -0.15) is 0 Å². The van der Waals surface area contributed by atoms with Crippen LogP contribution in [0.5, 0.6) is 0 Å². The minimum Gasteiger partial charge on any atom is -0.462 e. The van der Waals surface area contributed by atoms with Crippen molar-refractivity contribution in [2.24, 2.45) is 0 Å². The third-order valence-corrected chi connectivity index (χ3v) is 15.7. The molecule has 0 saturated carbocycles. The van der Waals surface area contributed by atoms with Gasteiger partial charge in [0.1, 0.15) is 19.8 Å². The molecule has 9 nitrogen and oxygen atoms in total. The third-order valence-electron chi connectivity index (χ3n) is 14.8. The van der Waals surface area contributed by atoms with Crippen molar-refractivity contribution >= 4 is 19.8 Å². The molecule has 0 aromatic rings. The lowest BCUT2D eigenvalue weighted by Crippen LogP contribution is -2.37. The van der Waals surface area contributed by atoms with Gasteiger partial charge in [0, 0.05) is 12.8 Å². The van der Waals surface area contributed by atoms with Gasteiger partial charge in [-0.15, -0.1) is 0 Å². The number of esters is 2. The van der Waals surface area contributed by atoms with E-state index in [0.717, 1.165) is 109 Å². The normalized spacial score (nSPS) is 13.9. The molecule has 2 unspecified atom stereocenters. The smallest absolute Gasteiger partial charge is 0.462 e. The van der Waals surface area contributed by atoms with Gasteiger partial charge in [0.25, 0.3) is 0 Å². The molecule has 0 aliphatic rings. The molecule has 2 atom stereocenters. The standard InChI is InChI=1S/C75H130NO8P/c1-6-8-10-12-14-16-18-20-22-24-26-28-30-31-32-33-34-35-36-37-38-39-40-41-42-43-44-45-46-48-50-52-54-56-58-60-62-64-66-68-75(78)84-73(72-83-85(79,80)82-70-69-76(3,4)5)71-81-74(77)67-65-63-61-59-57-55-53-51-49-47-29-27-25-23-21-19-17-15-13-11-9-7-2/h8,10,14,16,20,22,26,28,31-32,34-35,37-38,40-41,43-44,46,48,73H,6-7,9,11-13,15,17-19,21,23-25,27,29-30,33,36,39,42,45,47,49-72H2,1-5H3/p+1/b10-8-,16-14-,22-20-,28-26-,32-31-,35-34-,38-37-,41-40-,44-43-,48-46-. The molecule has 0 radical (unpaired) electrons. The second-order valence-electron chi connectivity index (χ2n) is 24.2. The summed E-state index contributed by atoms with van der Waals surface area (Å²) in [5, 5.41) is 0. The van der Waals surface area contributed by atoms with Crippen LogP contribution in [-0.2, 0) is 32.7 Å². The monoisotopic (exact) mass is 1200 g/mol. The molecule has 0 aliphatic heterocycles. The number of likely N-dealkylation sites (N-methyl/N-ethyl adjacent to an activating group) is 1. The number of unbranched alkanes of at least 4 members (excludes halogenated alkanes) is 29. The van der Waals surface area contributed by atoms with Gasteiger partial charge in [0.15, 0.2) is 6.10 Å². The average Bonchev–Trinajstić information content (AvgIpc) is 3.50. The maximum absolute atomic E-state index is 12.9. The Morgan fingerprint density at radius 1 is 0.376 bits per heavy atom. The lowest BCUT2D eigenvalue weighted by atomic mass is 10.0. The van der Waals surface area contributed by atoms with E-state index >= 15 is 0 Å². The average molecular weight is 1210 g/mol. The highest BCUT2D eigenvalue weighted by Gasteiger charge is 2.27. The molecule has 0 bridgehead atoms. The molecule has 0 aromatic heterocycles. The largest absolute Gasteiger partial charge is 0.472 e. The first kappa shape index (κ1) is 81.4.